The summed E-state index contributed by atoms with van der Waals surface area (Å²) in [5.74, 6) is 6.77. The van der Waals surface area contributed by atoms with Gasteiger partial charge >= 0.3 is 0 Å². The Kier molecular flexibility index (Phi) is 7.20. The zero-order chi connectivity index (χ0) is 21.5. The van der Waals surface area contributed by atoms with Crippen molar-refractivity contribution in [2.45, 2.75) is 53.4 Å². The number of rotatable bonds is 6. The van der Waals surface area contributed by atoms with Crippen molar-refractivity contribution in [3.63, 3.8) is 0 Å². The van der Waals surface area contributed by atoms with Gasteiger partial charge < -0.3 is 0 Å². The molecule has 0 bridgehead atoms. The lowest BCUT2D eigenvalue weighted by molar-refractivity contribution is 0.0974. The molecule has 0 aliphatic rings. The summed E-state index contributed by atoms with van der Waals surface area (Å²) in [6, 6.07) is 16.6. The van der Waals surface area contributed by atoms with Crippen LogP contribution in [0.5, 0.6) is 0 Å². The first kappa shape index (κ1) is 21.5. The number of aryl methyl sites for hydroxylation is 5. The van der Waals surface area contributed by atoms with Gasteiger partial charge in [-0.15, -0.1) is 0 Å². The van der Waals surface area contributed by atoms with E-state index in [1.165, 1.54) is 22.3 Å². The quantitative estimate of drug-likeness (QED) is 0.278. The van der Waals surface area contributed by atoms with E-state index in [-0.39, 0.29) is 5.78 Å². The molecule has 0 aliphatic heterocycles. The van der Waals surface area contributed by atoms with Gasteiger partial charge in [-0.2, -0.15) is 0 Å². The fourth-order valence-corrected chi connectivity index (χ4v) is 3.35. The molecule has 0 atom stereocenters. The highest BCUT2D eigenvalue weighted by molar-refractivity contribution is 5.94. The predicted molar refractivity (Wildman–Crippen MR) is 124 cm³/mol. The van der Waals surface area contributed by atoms with E-state index < -0.39 is 0 Å². The molecule has 30 heavy (non-hydrogen) atoms. The maximum absolute atomic E-state index is 12.3. The van der Waals surface area contributed by atoms with E-state index in [9.17, 15) is 4.79 Å². The van der Waals surface area contributed by atoms with Crippen molar-refractivity contribution >= 4 is 5.78 Å². The van der Waals surface area contributed by atoms with E-state index in [4.69, 9.17) is 0 Å². The fraction of sp³-hybridized carbons (Fsp3) is 0.286. The molecule has 2 aromatic carbocycles. The Labute approximate surface area is 180 Å². The van der Waals surface area contributed by atoms with E-state index in [0.29, 0.717) is 12.1 Å². The minimum absolute atomic E-state index is 0.127. The molecule has 0 aliphatic carbocycles. The van der Waals surface area contributed by atoms with Crippen LogP contribution in [-0.2, 0) is 6.42 Å². The zero-order valence-corrected chi connectivity index (χ0v) is 18.4. The van der Waals surface area contributed by atoms with E-state index >= 15 is 0 Å². The first-order valence-electron chi connectivity index (χ1n) is 10.6. The zero-order valence-electron chi connectivity index (χ0n) is 18.4. The van der Waals surface area contributed by atoms with Crippen LogP contribution in [0.1, 0.15) is 68.7 Å². The van der Waals surface area contributed by atoms with E-state index in [2.05, 4.69) is 74.0 Å². The van der Waals surface area contributed by atoms with E-state index in [1.54, 1.807) is 6.20 Å². The number of carbonyl (C=O) groups excluding carboxylic acids is 1. The normalized spacial score (nSPS) is 10.4. The molecule has 3 rings (SSSR count). The summed E-state index contributed by atoms with van der Waals surface area (Å²) >= 11 is 0. The summed E-state index contributed by atoms with van der Waals surface area (Å²) in [7, 11) is 0. The van der Waals surface area contributed by atoms with Crippen LogP contribution in [0.3, 0.4) is 0 Å². The molecular formula is C28H29NO. The number of nitrogens with zero attached hydrogens (tertiary/aromatic N) is 1. The Morgan fingerprint density at radius 3 is 2.40 bits per heavy atom. The highest BCUT2D eigenvalue weighted by Gasteiger charge is 2.07. The first-order chi connectivity index (χ1) is 14.4. The highest BCUT2D eigenvalue weighted by Crippen LogP contribution is 2.15. The number of pyridine rings is 1. The second kappa shape index (κ2) is 10.0. The van der Waals surface area contributed by atoms with Gasteiger partial charge in [0.25, 0.3) is 0 Å². The van der Waals surface area contributed by atoms with Gasteiger partial charge in [0.1, 0.15) is 5.69 Å². The lowest BCUT2D eigenvalue weighted by Gasteiger charge is -2.05. The van der Waals surface area contributed by atoms with Gasteiger partial charge in [-0.3, -0.25) is 9.78 Å². The number of hydrogen-bond donors (Lipinski definition) is 0. The standard InChI is InChI=1S/C28H29NO/c1-20-15-16-29-27(17-20)28(30)8-6-5-7-24-12-10-22(3)26(19-24)14-13-25-11-9-21(2)23(4)18-25/h9-12,15-19H,5-8H2,1-4H3. The minimum atomic E-state index is 0.127. The minimum Gasteiger partial charge on any atom is -0.292 e. The number of unbranched alkanes of at least 4 members (excludes halogenated alkanes) is 1. The van der Waals surface area contributed by atoms with Crippen molar-refractivity contribution in [2.24, 2.45) is 0 Å². The van der Waals surface area contributed by atoms with Crippen molar-refractivity contribution < 1.29 is 4.79 Å². The van der Waals surface area contributed by atoms with Gasteiger partial charge in [0.15, 0.2) is 5.78 Å². The molecule has 2 heteroatoms. The summed E-state index contributed by atoms with van der Waals surface area (Å²) in [4.78, 5) is 16.5. The first-order valence-corrected chi connectivity index (χ1v) is 10.6. The molecule has 1 heterocycles. The topological polar surface area (TPSA) is 30.0 Å². The van der Waals surface area contributed by atoms with Crippen LogP contribution in [0.15, 0.2) is 54.7 Å². The summed E-state index contributed by atoms with van der Waals surface area (Å²) in [6.45, 7) is 8.31. The maximum atomic E-state index is 12.3. The molecule has 0 saturated heterocycles. The van der Waals surface area contributed by atoms with Crippen LogP contribution in [0.2, 0.25) is 0 Å². The molecule has 0 spiro atoms. The van der Waals surface area contributed by atoms with Crippen LogP contribution in [0.25, 0.3) is 0 Å². The molecule has 0 amide bonds. The van der Waals surface area contributed by atoms with Crippen molar-refractivity contribution in [3.05, 3.63) is 99.4 Å². The Morgan fingerprint density at radius 1 is 0.833 bits per heavy atom. The SMILES string of the molecule is Cc1ccnc(C(=O)CCCCc2ccc(C)c(C#Cc3ccc(C)c(C)c3)c2)c1. The van der Waals surface area contributed by atoms with Gasteiger partial charge in [0.05, 0.1) is 0 Å². The Hall–Kier alpha value is -3.18. The number of ketones is 1. The molecule has 0 N–H and O–H groups in total. The van der Waals surface area contributed by atoms with Gasteiger partial charge in [-0.05, 0) is 105 Å². The highest BCUT2D eigenvalue weighted by atomic mass is 16.1. The monoisotopic (exact) mass is 395 g/mol. The molecule has 0 unspecified atom stereocenters. The smallest absolute Gasteiger partial charge is 0.181 e. The average Bonchev–Trinajstić information content (AvgIpc) is 2.73. The lowest BCUT2D eigenvalue weighted by atomic mass is 9.99. The van der Waals surface area contributed by atoms with Crippen LogP contribution in [0, 0.1) is 39.5 Å². The van der Waals surface area contributed by atoms with Crippen LogP contribution < -0.4 is 0 Å². The molecule has 2 nitrogen and oxygen atoms in total. The number of hydrogen-bond acceptors (Lipinski definition) is 2. The average molecular weight is 396 g/mol. The van der Waals surface area contributed by atoms with Crippen molar-refractivity contribution in [3.8, 4) is 11.8 Å². The Bertz CT molecular complexity index is 1110. The number of aromatic nitrogens is 1. The third-order valence-corrected chi connectivity index (χ3v) is 5.47. The molecule has 0 radical (unpaired) electrons. The largest absolute Gasteiger partial charge is 0.292 e. The van der Waals surface area contributed by atoms with Crippen LogP contribution >= 0.6 is 0 Å². The summed E-state index contributed by atoms with van der Waals surface area (Å²) in [5.41, 5.74) is 8.79. The summed E-state index contributed by atoms with van der Waals surface area (Å²) < 4.78 is 0. The maximum Gasteiger partial charge on any atom is 0.181 e. The van der Waals surface area contributed by atoms with Gasteiger partial charge in [0, 0.05) is 23.7 Å². The van der Waals surface area contributed by atoms with E-state index in [1.807, 2.05) is 19.1 Å². The fourth-order valence-electron chi connectivity index (χ4n) is 3.35. The van der Waals surface area contributed by atoms with E-state index in [0.717, 1.165) is 36.0 Å². The number of carbonyl (C=O) groups is 1. The van der Waals surface area contributed by atoms with Crippen molar-refractivity contribution in [1.82, 2.24) is 4.98 Å². The molecule has 0 fully saturated rings. The molecular weight excluding hydrogens is 366 g/mol. The van der Waals surface area contributed by atoms with Gasteiger partial charge in [-0.25, -0.2) is 0 Å². The number of benzene rings is 2. The molecule has 1 aromatic heterocycles. The molecule has 3 aromatic rings. The second-order valence-electron chi connectivity index (χ2n) is 8.05. The third-order valence-electron chi connectivity index (χ3n) is 5.47. The van der Waals surface area contributed by atoms with Crippen molar-refractivity contribution in [1.29, 1.82) is 0 Å². The number of Topliss-reactive ketones (excluding diaryl/α,β-unsaturated/α-hetero) is 1. The van der Waals surface area contributed by atoms with Gasteiger partial charge in [-0.1, -0.05) is 30.0 Å². The second-order valence-corrected chi connectivity index (χ2v) is 8.05. The summed E-state index contributed by atoms with van der Waals surface area (Å²) in [6.07, 6.45) is 5.04. The Balaban J connectivity index is 1.58. The van der Waals surface area contributed by atoms with Gasteiger partial charge in [0.2, 0.25) is 0 Å². The third kappa shape index (κ3) is 5.91. The lowest BCUT2D eigenvalue weighted by Crippen LogP contribution is -2.02. The molecule has 0 saturated carbocycles. The predicted octanol–water partition coefficient (Wildman–Crippen LogP) is 6.31. The van der Waals surface area contributed by atoms with Crippen LogP contribution in [0.4, 0.5) is 0 Å². The van der Waals surface area contributed by atoms with Crippen LogP contribution in [-0.4, -0.2) is 10.8 Å². The van der Waals surface area contributed by atoms with Crippen molar-refractivity contribution in [2.75, 3.05) is 0 Å². The summed E-state index contributed by atoms with van der Waals surface area (Å²) in [5, 5.41) is 0. The Morgan fingerprint density at radius 2 is 1.63 bits per heavy atom. The molecule has 152 valence electrons.